The number of Topliss-reactive ketones (excluding diaryl/α,β-unsaturated/α-hetero) is 1. The molecule has 0 amide bonds. The van der Waals surface area contributed by atoms with Crippen LogP contribution in [0.3, 0.4) is 0 Å². The number of ketones is 1. The maximum Gasteiger partial charge on any atom is 0.148 e. The molecule has 1 fully saturated rings. The first-order valence-electron chi connectivity index (χ1n) is 4.99. The Labute approximate surface area is 83.7 Å². The van der Waals surface area contributed by atoms with Crippen molar-refractivity contribution in [2.24, 2.45) is 0 Å². The molecule has 1 aliphatic rings. The second-order valence-corrected chi connectivity index (χ2v) is 3.88. The zero-order valence-corrected chi connectivity index (χ0v) is 8.62. The van der Waals surface area contributed by atoms with Crippen molar-refractivity contribution in [3.63, 3.8) is 0 Å². The Morgan fingerprint density at radius 3 is 2.79 bits per heavy atom. The molecule has 0 aliphatic carbocycles. The molecule has 0 saturated carbocycles. The second-order valence-electron chi connectivity index (χ2n) is 3.88. The van der Waals surface area contributed by atoms with Gasteiger partial charge in [0.15, 0.2) is 0 Å². The third kappa shape index (κ3) is 1.73. The summed E-state index contributed by atoms with van der Waals surface area (Å²) in [4.78, 5) is 13.3. The average Bonchev–Trinajstić information content (AvgIpc) is 2.73. The van der Waals surface area contributed by atoms with Crippen molar-refractivity contribution < 1.29 is 9.21 Å². The third-order valence-electron chi connectivity index (χ3n) is 2.78. The van der Waals surface area contributed by atoms with E-state index in [2.05, 4.69) is 11.8 Å². The zero-order valence-electron chi connectivity index (χ0n) is 8.62. The van der Waals surface area contributed by atoms with Gasteiger partial charge in [0.1, 0.15) is 17.3 Å². The van der Waals surface area contributed by atoms with Gasteiger partial charge in [-0.05, 0) is 26.0 Å². The lowest BCUT2D eigenvalue weighted by Gasteiger charge is -2.20. The van der Waals surface area contributed by atoms with E-state index in [1.807, 2.05) is 19.1 Å². The Bertz CT molecular complexity index is 343. The summed E-state index contributed by atoms with van der Waals surface area (Å²) in [6.45, 7) is 5.45. The highest BCUT2D eigenvalue weighted by Crippen LogP contribution is 2.24. The monoisotopic (exact) mass is 193 g/mol. The molecule has 0 aromatic carbocycles. The summed E-state index contributed by atoms with van der Waals surface area (Å²) in [6, 6.07) is 4.17. The summed E-state index contributed by atoms with van der Waals surface area (Å²) < 4.78 is 5.54. The van der Waals surface area contributed by atoms with Gasteiger partial charge in [-0.1, -0.05) is 0 Å². The number of aryl methyl sites for hydroxylation is 1. The van der Waals surface area contributed by atoms with Crippen molar-refractivity contribution in [3.05, 3.63) is 23.7 Å². The first kappa shape index (κ1) is 9.46. The Hall–Kier alpha value is -1.09. The lowest BCUT2D eigenvalue weighted by atomic mass is 10.2. The number of likely N-dealkylation sites (tertiary alicyclic amines) is 1. The summed E-state index contributed by atoms with van der Waals surface area (Å²) in [5.74, 6) is 2.22. The van der Waals surface area contributed by atoms with E-state index in [1.165, 1.54) is 0 Å². The Morgan fingerprint density at radius 1 is 1.50 bits per heavy atom. The van der Waals surface area contributed by atoms with Crippen LogP contribution in [0, 0.1) is 6.92 Å². The predicted molar refractivity (Wildman–Crippen MR) is 53.1 cm³/mol. The standard InChI is InChI=1S/C11H15NO2/c1-8-3-4-11(14-8)9(2)12-6-5-10(13)7-12/h3-4,9H,5-7H2,1-2H3. The SMILES string of the molecule is Cc1ccc(C(C)N2CCC(=O)C2)o1. The third-order valence-corrected chi connectivity index (χ3v) is 2.78. The van der Waals surface area contributed by atoms with Gasteiger partial charge < -0.3 is 4.42 Å². The molecule has 1 aromatic rings. The van der Waals surface area contributed by atoms with Crippen LogP contribution in [0.25, 0.3) is 0 Å². The van der Waals surface area contributed by atoms with Crippen LogP contribution in [0.1, 0.15) is 30.9 Å². The lowest BCUT2D eigenvalue weighted by molar-refractivity contribution is -0.117. The van der Waals surface area contributed by atoms with Crippen LogP contribution in [0.2, 0.25) is 0 Å². The molecule has 0 bridgehead atoms. The van der Waals surface area contributed by atoms with Crippen molar-refractivity contribution in [1.82, 2.24) is 4.90 Å². The molecule has 2 heterocycles. The molecule has 0 spiro atoms. The molecule has 3 nitrogen and oxygen atoms in total. The Morgan fingerprint density at radius 2 is 2.29 bits per heavy atom. The normalized spacial score (nSPS) is 20.3. The lowest BCUT2D eigenvalue weighted by Crippen LogP contribution is -2.24. The molecule has 1 saturated heterocycles. The van der Waals surface area contributed by atoms with Crippen LogP contribution in [0.5, 0.6) is 0 Å². The largest absolute Gasteiger partial charge is 0.465 e. The molecule has 76 valence electrons. The molecular formula is C11H15NO2. The van der Waals surface area contributed by atoms with E-state index < -0.39 is 0 Å². The molecule has 0 radical (unpaired) electrons. The summed E-state index contributed by atoms with van der Waals surface area (Å²) in [6.07, 6.45) is 0.685. The minimum absolute atomic E-state index is 0.218. The van der Waals surface area contributed by atoms with Gasteiger partial charge in [-0.3, -0.25) is 9.69 Å². The van der Waals surface area contributed by atoms with Gasteiger partial charge >= 0.3 is 0 Å². The van der Waals surface area contributed by atoms with Gasteiger partial charge in [-0.15, -0.1) is 0 Å². The first-order chi connectivity index (χ1) is 6.66. The summed E-state index contributed by atoms with van der Waals surface area (Å²) in [5.41, 5.74) is 0. The topological polar surface area (TPSA) is 33.5 Å². The number of carbonyl (C=O) groups is 1. The van der Waals surface area contributed by atoms with Gasteiger partial charge in [-0.25, -0.2) is 0 Å². The number of furan rings is 1. The van der Waals surface area contributed by atoms with Crippen molar-refractivity contribution in [2.75, 3.05) is 13.1 Å². The molecule has 3 heteroatoms. The first-order valence-corrected chi connectivity index (χ1v) is 4.99. The van der Waals surface area contributed by atoms with Crippen LogP contribution in [0.4, 0.5) is 0 Å². The summed E-state index contributed by atoms with van der Waals surface area (Å²) in [7, 11) is 0. The quantitative estimate of drug-likeness (QED) is 0.719. The molecule has 1 atom stereocenters. The van der Waals surface area contributed by atoms with E-state index in [-0.39, 0.29) is 6.04 Å². The van der Waals surface area contributed by atoms with E-state index in [4.69, 9.17) is 4.42 Å². The van der Waals surface area contributed by atoms with Crippen molar-refractivity contribution >= 4 is 5.78 Å². The summed E-state index contributed by atoms with van der Waals surface area (Å²) in [5, 5.41) is 0. The molecule has 14 heavy (non-hydrogen) atoms. The maximum absolute atomic E-state index is 11.1. The molecule has 0 N–H and O–H groups in total. The number of hydrogen-bond donors (Lipinski definition) is 0. The van der Waals surface area contributed by atoms with Gasteiger partial charge in [0.2, 0.25) is 0 Å². The van der Waals surface area contributed by atoms with Crippen LogP contribution in [0.15, 0.2) is 16.5 Å². The smallest absolute Gasteiger partial charge is 0.148 e. The van der Waals surface area contributed by atoms with Crippen molar-refractivity contribution in [3.8, 4) is 0 Å². The number of hydrogen-bond acceptors (Lipinski definition) is 3. The fourth-order valence-corrected chi connectivity index (χ4v) is 1.84. The van der Waals surface area contributed by atoms with Crippen LogP contribution < -0.4 is 0 Å². The highest BCUT2D eigenvalue weighted by molar-refractivity contribution is 5.82. The van der Waals surface area contributed by atoms with Crippen LogP contribution in [-0.2, 0) is 4.79 Å². The highest BCUT2D eigenvalue weighted by Gasteiger charge is 2.26. The molecule has 1 aliphatic heterocycles. The van der Waals surface area contributed by atoms with Gasteiger partial charge in [-0.2, -0.15) is 0 Å². The minimum atomic E-state index is 0.218. The van der Waals surface area contributed by atoms with Crippen molar-refractivity contribution in [1.29, 1.82) is 0 Å². The number of rotatable bonds is 2. The van der Waals surface area contributed by atoms with E-state index in [0.29, 0.717) is 18.7 Å². The molecular weight excluding hydrogens is 178 g/mol. The van der Waals surface area contributed by atoms with Gasteiger partial charge in [0.05, 0.1) is 12.6 Å². The van der Waals surface area contributed by atoms with Crippen molar-refractivity contribution in [2.45, 2.75) is 26.3 Å². The number of nitrogens with zero attached hydrogens (tertiary/aromatic N) is 1. The minimum Gasteiger partial charge on any atom is -0.465 e. The predicted octanol–water partition coefficient (Wildman–Crippen LogP) is 1.92. The Kier molecular flexibility index (Phi) is 2.42. The van der Waals surface area contributed by atoms with E-state index in [1.54, 1.807) is 0 Å². The van der Waals surface area contributed by atoms with E-state index in [9.17, 15) is 4.79 Å². The fourth-order valence-electron chi connectivity index (χ4n) is 1.84. The van der Waals surface area contributed by atoms with E-state index in [0.717, 1.165) is 18.1 Å². The maximum atomic E-state index is 11.1. The zero-order chi connectivity index (χ0) is 10.1. The summed E-state index contributed by atoms with van der Waals surface area (Å²) >= 11 is 0. The number of carbonyl (C=O) groups excluding carboxylic acids is 1. The van der Waals surface area contributed by atoms with Gasteiger partial charge in [0.25, 0.3) is 0 Å². The molecule has 1 unspecified atom stereocenters. The Balaban J connectivity index is 2.08. The average molecular weight is 193 g/mol. The fraction of sp³-hybridized carbons (Fsp3) is 0.545. The van der Waals surface area contributed by atoms with Gasteiger partial charge in [0, 0.05) is 13.0 Å². The molecule has 1 aromatic heterocycles. The highest BCUT2D eigenvalue weighted by atomic mass is 16.3. The van der Waals surface area contributed by atoms with Crippen LogP contribution in [-0.4, -0.2) is 23.8 Å². The van der Waals surface area contributed by atoms with Crippen LogP contribution >= 0.6 is 0 Å². The molecule has 2 rings (SSSR count). The second kappa shape index (κ2) is 3.58. The van der Waals surface area contributed by atoms with E-state index >= 15 is 0 Å².